The van der Waals surface area contributed by atoms with Gasteiger partial charge in [-0.05, 0) is 36.8 Å². The molecule has 1 aromatic carbocycles. The molecule has 1 aromatic heterocycles. The first kappa shape index (κ1) is 12.2. The van der Waals surface area contributed by atoms with E-state index in [2.05, 4.69) is 10.1 Å². The Bertz CT molecular complexity index is 532. The van der Waals surface area contributed by atoms with Crippen molar-refractivity contribution in [3.8, 4) is 0 Å². The first-order valence-corrected chi connectivity index (χ1v) is 5.64. The topological polar surface area (TPSA) is 51.5 Å². The molecule has 0 bridgehead atoms. The molecule has 0 aliphatic carbocycles. The molecule has 0 unspecified atom stereocenters. The molecule has 2 aromatic rings. The third-order valence-corrected chi connectivity index (χ3v) is 2.71. The van der Waals surface area contributed by atoms with Crippen LogP contribution in [0.2, 0.25) is 0 Å². The molecular formula is C14H15NO3. The van der Waals surface area contributed by atoms with Gasteiger partial charge in [0.15, 0.2) is 0 Å². The molecule has 0 amide bonds. The number of furan rings is 1. The lowest BCUT2D eigenvalue weighted by Gasteiger charge is -2.09. The summed E-state index contributed by atoms with van der Waals surface area (Å²) in [5.41, 5.74) is 3.63. The van der Waals surface area contributed by atoms with E-state index in [1.807, 2.05) is 25.1 Å². The van der Waals surface area contributed by atoms with E-state index in [0.29, 0.717) is 12.1 Å². The monoisotopic (exact) mass is 245 g/mol. The minimum absolute atomic E-state index is 0.320. The number of hydrogen-bond acceptors (Lipinski definition) is 4. The maximum Gasteiger partial charge on any atom is 0.337 e. The number of hydrogen-bond donors (Lipinski definition) is 1. The van der Waals surface area contributed by atoms with Crippen molar-refractivity contribution in [3.05, 3.63) is 53.5 Å². The van der Waals surface area contributed by atoms with Gasteiger partial charge in [-0.1, -0.05) is 0 Å². The first-order valence-electron chi connectivity index (χ1n) is 5.64. The van der Waals surface area contributed by atoms with Crippen molar-refractivity contribution in [2.75, 3.05) is 12.4 Å². The van der Waals surface area contributed by atoms with E-state index in [0.717, 1.165) is 16.8 Å². The van der Waals surface area contributed by atoms with Gasteiger partial charge < -0.3 is 14.5 Å². The summed E-state index contributed by atoms with van der Waals surface area (Å²) in [6.07, 6.45) is 3.34. The summed E-state index contributed by atoms with van der Waals surface area (Å²) < 4.78 is 9.68. The first-order chi connectivity index (χ1) is 8.70. The van der Waals surface area contributed by atoms with Gasteiger partial charge in [0, 0.05) is 17.8 Å². The normalized spacial score (nSPS) is 10.1. The van der Waals surface area contributed by atoms with Crippen LogP contribution in [0, 0.1) is 6.92 Å². The zero-order chi connectivity index (χ0) is 13.0. The smallest absolute Gasteiger partial charge is 0.337 e. The zero-order valence-electron chi connectivity index (χ0n) is 10.4. The lowest BCUT2D eigenvalue weighted by molar-refractivity contribution is 0.0600. The number of ether oxygens (including phenoxy) is 1. The maximum atomic E-state index is 11.4. The summed E-state index contributed by atoms with van der Waals surface area (Å²) in [7, 11) is 1.38. The van der Waals surface area contributed by atoms with Crippen molar-refractivity contribution in [2.45, 2.75) is 13.5 Å². The number of methoxy groups -OCH3 is 1. The van der Waals surface area contributed by atoms with Crippen LogP contribution in [-0.4, -0.2) is 13.1 Å². The molecule has 4 nitrogen and oxygen atoms in total. The van der Waals surface area contributed by atoms with Crippen molar-refractivity contribution in [1.82, 2.24) is 0 Å². The molecule has 0 radical (unpaired) electrons. The highest BCUT2D eigenvalue weighted by atomic mass is 16.5. The Morgan fingerprint density at radius 1 is 1.39 bits per heavy atom. The highest BCUT2D eigenvalue weighted by molar-refractivity contribution is 5.90. The molecule has 0 atom stereocenters. The lowest BCUT2D eigenvalue weighted by Crippen LogP contribution is -2.04. The Labute approximate surface area is 106 Å². The van der Waals surface area contributed by atoms with Gasteiger partial charge in [-0.15, -0.1) is 0 Å². The number of aryl methyl sites for hydroxylation is 1. The van der Waals surface area contributed by atoms with Crippen molar-refractivity contribution in [3.63, 3.8) is 0 Å². The maximum absolute atomic E-state index is 11.4. The molecule has 1 heterocycles. The molecule has 18 heavy (non-hydrogen) atoms. The number of esters is 1. The van der Waals surface area contributed by atoms with E-state index in [-0.39, 0.29) is 5.97 Å². The van der Waals surface area contributed by atoms with Crippen LogP contribution in [-0.2, 0) is 11.3 Å². The number of carbonyl (C=O) groups is 1. The minimum Gasteiger partial charge on any atom is -0.472 e. The van der Waals surface area contributed by atoms with E-state index in [1.165, 1.54) is 7.11 Å². The third-order valence-electron chi connectivity index (χ3n) is 2.71. The summed E-state index contributed by atoms with van der Waals surface area (Å²) in [6, 6.07) is 7.34. The van der Waals surface area contributed by atoms with Crippen LogP contribution in [0.25, 0.3) is 0 Å². The fourth-order valence-corrected chi connectivity index (χ4v) is 1.70. The fourth-order valence-electron chi connectivity index (χ4n) is 1.70. The zero-order valence-corrected chi connectivity index (χ0v) is 10.4. The summed E-state index contributed by atoms with van der Waals surface area (Å²) in [5, 5.41) is 3.29. The second-order valence-electron chi connectivity index (χ2n) is 4.01. The molecule has 2 rings (SSSR count). The number of benzene rings is 1. The average molecular weight is 245 g/mol. The van der Waals surface area contributed by atoms with Crippen LogP contribution in [0.15, 0.2) is 41.2 Å². The minimum atomic E-state index is -0.320. The van der Waals surface area contributed by atoms with Crippen LogP contribution in [0.5, 0.6) is 0 Å². The fraction of sp³-hybridized carbons (Fsp3) is 0.214. The van der Waals surface area contributed by atoms with Crippen molar-refractivity contribution < 1.29 is 13.9 Å². The van der Waals surface area contributed by atoms with Crippen molar-refractivity contribution in [2.24, 2.45) is 0 Å². The van der Waals surface area contributed by atoms with Crippen molar-refractivity contribution in [1.29, 1.82) is 0 Å². The molecule has 0 saturated carbocycles. The van der Waals surface area contributed by atoms with Crippen LogP contribution >= 0.6 is 0 Å². The van der Waals surface area contributed by atoms with Gasteiger partial charge in [-0.25, -0.2) is 4.79 Å². The number of carbonyl (C=O) groups excluding carboxylic acids is 1. The molecule has 0 spiro atoms. The van der Waals surface area contributed by atoms with Gasteiger partial charge >= 0.3 is 5.97 Å². The Morgan fingerprint density at radius 3 is 2.83 bits per heavy atom. The molecule has 1 N–H and O–H groups in total. The van der Waals surface area contributed by atoms with E-state index >= 15 is 0 Å². The second kappa shape index (κ2) is 5.40. The van der Waals surface area contributed by atoms with E-state index < -0.39 is 0 Å². The number of anilines is 1. The molecule has 0 fully saturated rings. The van der Waals surface area contributed by atoms with E-state index in [1.54, 1.807) is 18.6 Å². The van der Waals surface area contributed by atoms with Gasteiger partial charge in [-0.3, -0.25) is 0 Å². The third kappa shape index (κ3) is 2.71. The summed E-state index contributed by atoms with van der Waals surface area (Å²) in [5.74, 6) is -0.320. The Balaban J connectivity index is 2.08. The van der Waals surface area contributed by atoms with Crippen LogP contribution in [0.4, 0.5) is 5.69 Å². The average Bonchev–Trinajstić information content (AvgIpc) is 2.89. The Kier molecular flexibility index (Phi) is 3.67. The standard InChI is InChI=1S/C14H15NO3/c1-10-7-12(14(16)17-2)3-4-13(10)15-8-11-5-6-18-9-11/h3-7,9,15H,8H2,1-2H3. The van der Waals surface area contributed by atoms with Gasteiger partial charge in [0.1, 0.15) is 0 Å². The van der Waals surface area contributed by atoms with Gasteiger partial charge in [-0.2, -0.15) is 0 Å². The predicted molar refractivity (Wildman–Crippen MR) is 68.6 cm³/mol. The summed E-state index contributed by atoms with van der Waals surface area (Å²) >= 11 is 0. The number of nitrogens with one attached hydrogen (secondary N) is 1. The molecule has 94 valence electrons. The quantitative estimate of drug-likeness (QED) is 0.841. The Hall–Kier alpha value is -2.23. The SMILES string of the molecule is COC(=O)c1ccc(NCc2ccoc2)c(C)c1. The molecule has 0 saturated heterocycles. The largest absolute Gasteiger partial charge is 0.472 e. The van der Waals surface area contributed by atoms with Gasteiger partial charge in [0.05, 0.1) is 25.2 Å². The molecule has 0 aliphatic heterocycles. The summed E-state index contributed by atoms with van der Waals surface area (Å²) in [6.45, 7) is 2.64. The lowest BCUT2D eigenvalue weighted by atomic mass is 10.1. The van der Waals surface area contributed by atoms with Gasteiger partial charge in [0.2, 0.25) is 0 Å². The number of rotatable bonds is 4. The predicted octanol–water partition coefficient (Wildman–Crippen LogP) is 2.99. The summed E-state index contributed by atoms with van der Waals surface area (Å²) in [4.78, 5) is 11.4. The molecule has 0 aliphatic rings. The van der Waals surface area contributed by atoms with Crippen LogP contribution in [0.3, 0.4) is 0 Å². The van der Waals surface area contributed by atoms with Gasteiger partial charge in [0.25, 0.3) is 0 Å². The van der Waals surface area contributed by atoms with E-state index in [9.17, 15) is 4.79 Å². The highest BCUT2D eigenvalue weighted by Crippen LogP contribution is 2.18. The van der Waals surface area contributed by atoms with Crippen LogP contribution in [0.1, 0.15) is 21.5 Å². The van der Waals surface area contributed by atoms with Crippen LogP contribution < -0.4 is 5.32 Å². The Morgan fingerprint density at radius 2 is 2.22 bits per heavy atom. The molecular weight excluding hydrogens is 230 g/mol. The van der Waals surface area contributed by atoms with Crippen molar-refractivity contribution >= 4 is 11.7 Å². The molecule has 4 heteroatoms. The van der Waals surface area contributed by atoms with E-state index in [4.69, 9.17) is 4.42 Å². The highest BCUT2D eigenvalue weighted by Gasteiger charge is 2.07. The second-order valence-corrected chi connectivity index (χ2v) is 4.01.